The second kappa shape index (κ2) is 7.91. The summed E-state index contributed by atoms with van der Waals surface area (Å²) in [7, 11) is -3.56. The highest BCUT2D eigenvalue weighted by atomic mass is 35.5. The van der Waals surface area contributed by atoms with Crippen LogP contribution in [0.25, 0.3) is 0 Å². The molecule has 1 aliphatic rings. The molecule has 0 atom stereocenters. The first-order valence-corrected chi connectivity index (χ1v) is 11.7. The number of benzene rings is 2. The lowest BCUT2D eigenvalue weighted by molar-refractivity contribution is 0.103. The van der Waals surface area contributed by atoms with Crippen LogP contribution < -0.4 is 5.32 Å². The Hall–Kier alpha value is -2.19. The second-order valence-electron chi connectivity index (χ2n) is 6.94. The second-order valence-corrected chi connectivity index (χ2v) is 10.6. The molecule has 8 heteroatoms. The molecule has 150 valence electrons. The molecule has 1 aromatic heterocycles. The number of carbonyl (C=O) groups excluding carboxylic acids is 1. The summed E-state index contributed by atoms with van der Waals surface area (Å²) in [5.41, 5.74) is 3.64. The first-order valence-electron chi connectivity index (χ1n) is 9.08. The van der Waals surface area contributed by atoms with Gasteiger partial charge in [0.2, 0.25) is 10.0 Å². The summed E-state index contributed by atoms with van der Waals surface area (Å²) in [5, 5.41) is 2.86. The molecule has 2 aromatic carbocycles. The highest BCUT2D eigenvalue weighted by Gasteiger charge is 2.28. The van der Waals surface area contributed by atoms with Crippen molar-refractivity contribution in [2.75, 3.05) is 11.9 Å². The quantitative estimate of drug-likeness (QED) is 0.631. The summed E-state index contributed by atoms with van der Waals surface area (Å²) in [6.45, 7) is 2.64. The molecule has 0 saturated carbocycles. The standard InChI is InChI=1S/C21H19ClN2O3S2/c1-14-2-6-18(7-3-14)29(26,27)24-11-10-15-4-5-17(12-16(15)13-24)23-21(25)19-8-9-20(22)28-19/h2-9,12H,10-11,13H2,1H3,(H,23,25). The molecule has 0 bridgehead atoms. The fourth-order valence-corrected chi connectivity index (χ4v) is 5.66. The van der Waals surface area contributed by atoms with E-state index in [1.807, 2.05) is 25.1 Å². The summed E-state index contributed by atoms with van der Waals surface area (Å²) in [5.74, 6) is -0.234. The zero-order valence-corrected chi connectivity index (χ0v) is 18.1. The van der Waals surface area contributed by atoms with E-state index in [0.29, 0.717) is 32.8 Å². The van der Waals surface area contributed by atoms with E-state index in [4.69, 9.17) is 11.6 Å². The van der Waals surface area contributed by atoms with Gasteiger partial charge in [-0.05, 0) is 60.9 Å². The number of rotatable bonds is 4. The van der Waals surface area contributed by atoms with Gasteiger partial charge in [-0.3, -0.25) is 4.79 Å². The molecule has 0 fully saturated rings. The van der Waals surface area contributed by atoms with E-state index in [1.165, 1.54) is 15.6 Å². The minimum Gasteiger partial charge on any atom is -0.321 e. The maximum Gasteiger partial charge on any atom is 0.265 e. The maximum absolute atomic E-state index is 13.0. The van der Waals surface area contributed by atoms with Crippen LogP contribution in [-0.4, -0.2) is 25.2 Å². The van der Waals surface area contributed by atoms with E-state index < -0.39 is 10.0 Å². The van der Waals surface area contributed by atoms with Gasteiger partial charge < -0.3 is 5.32 Å². The van der Waals surface area contributed by atoms with Crippen molar-refractivity contribution in [2.24, 2.45) is 0 Å². The smallest absolute Gasteiger partial charge is 0.265 e. The van der Waals surface area contributed by atoms with Gasteiger partial charge >= 0.3 is 0 Å². The SMILES string of the molecule is Cc1ccc(S(=O)(=O)N2CCc3ccc(NC(=O)c4ccc(Cl)s4)cc3C2)cc1. The number of hydrogen-bond acceptors (Lipinski definition) is 4. The van der Waals surface area contributed by atoms with E-state index >= 15 is 0 Å². The Labute approximate surface area is 179 Å². The van der Waals surface area contributed by atoms with Crippen molar-refractivity contribution in [3.63, 3.8) is 0 Å². The number of anilines is 1. The van der Waals surface area contributed by atoms with Crippen LogP contribution in [0.3, 0.4) is 0 Å². The van der Waals surface area contributed by atoms with E-state index in [0.717, 1.165) is 16.7 Å². The average molecular weight is 447 g/mol. The fraction of sp³-hybridized carbons (Fsp3) is 0.190. The summed E-state index contributed by atoms with van der Waals surface area (Å²) in [6, 6.07) is 15.9. The molecule has 1 aliphatic heterocycles. The van der Waals surface area contributed by atoms with Gasteiger partial charge in [0, 0.05) is 18.8 Å². The van der Waals surface area contributed by atoms with Crippen LogP contribution in [0.2, 0.25) is 4.34 Å². The highest BCUT2D eigenvalue weighted by molar-refractivity contribution is 7.89. The molecule has 1 N–H and O–H groups in total. The Bertz CT molecular complexity index is 1170. The molecule has 0 unspecified atom stereocenters. The zero-order chi connectivity index (χ0) is 20.6. The molecule has 5 nitrogen and oxygen atoms in total. The minimum absolute atomic E-state index is 0.234. The monoisotopic (exact) mass is 446 g/mol. The average Bonchev–Trinajstić information content (AvgIpc) is 3.14. The molecule has 0 aliphatic carbocycles. The molecule has 3 aromatic rings. The molecule has 4 rings (SSSR count). The van der Waals surface area contributed by atoms with Crippen LogP contribution in [0.5, 0.6) is 0 Å². The maximum atomic E-state index is 13.0. The van der Waals surface area contributed by atoms with Crippen molar-refractivity contribution in [1.82, 2.24) is 4.31 Å². The van der Waals surface area contributed by atoms with Crippen LogP contribution in [0.15, 0.2) is 59.5 Å². The number of carbonyl (C=O) groups is 1. The number of sulfonamides is 1. The summed E-state index contributed by atoms with van der Waals surface area (Å²) >= 11 is 7.11. The highest BCUT2D eigenvalue weighted by Crippen LogP contribution is 2.28. The Kier molecular flexibility index (Phi) is 5.48. The summed E-state index contributed by atoms with van der Waals surface area (Å²) in [6.07, 6.45) is 0.634. The number of fused-ring (bicyclic) bond motifs is 1. The van der Waals surface area contributed by atoms with E-state index in [2.05, 4.69) is 5.32 Å². The van der Waals surface area contributed by atoms with Gasteiger partial charge in [0.05, 0.1) is 14.1 Å². The molecular formula is C21H19ClN2O3S2. The van der Waals surface area contributed by atoms with Gasteiger partial charge in [-0.15, -0.1) is 11.3 Å². The molecular weight excluding hydrogens is 428 g/mol. The Morgan fingerprint density at radius 1 is 1.07 bits per heavy atom. The molecule has 2 heterocycles. The number of halogens is 1. The number of aryl methyl sites for hydroxylation is 1. The zero-order valence-electron chi connectivity index (χ0n) is 15.7. The topological polar surface area (TPSA) is 66.5 Å². The number of nitrogens with one attached hydrogen (secondary N) is 1. The predicted octanol–water partition coefficient (Wildman–Crippen LogP) is 4.71. The fourth-order valence-electron chi connectivity index (χ4n) is 3.30. The van der Waals surface area contributed by atoms with Crippen molar-refractivity contribution < 1.29 is 13.2 Å². The van der Waals surface area contributed by atoms with Crippen molar-refractivity contribution in [2.45, 2.75) is 24.8 Å². The molecule has 0 saturated heterocycles. The van der Waals surface area contributed by atoms with E-state index in [9.17, 15) is 13.2 Å². The molecule has 29 heavy (non-hydrogen) atoms. The van der Waals surface area contributed by atoms with Crippen LogP contribution in [0.1, 0.15) is 26.4 Å². The summed E-state index contributed by atoms with van der Waals surface area (Å²) in [4.78, 5) is 13.2. The van der Waals surface area contributed by atoms with E-state index in [-0.39, 0.29) is 12.5 Å². The number of amides is 1. The van der Waals surface area contributed by atoms with Crippen LogP contribution >= 0.6 is 22.9 Å². The predicted molar refractivity (Wildman–Crippen MR) is 116 cm³/mol. The van der Waals surface area contributed by atoms with Gasteiger partial charge in [-0.1, -0.05) is 35.4 Å². The number of hydrogen-bond donors (Lipinski definition) is 1. The van der Waals surface area contributed by atoms with Gasteiger partial charge in [-0.2, -0.15) is 4.31 Å². The largest absolute Gasteiger partial charge is 0.321 e. The van der Waals surface area contributed by atoms with Gasteiger partial charge in [0.15, 0.2) is 0 Å². The lowest BCUT2D eigenvalue weighted by Gasteiger charge is -2.28. The van der Waals surface area contributed by atoms with Crippen LogP contribution in [0.4, 0.5) is 5.69 Å². The minimum atomic E-state index is -3.56. The Morgan fingerprint density at radius 3 is 2.52 bits per heavy atom. The third kappa shape index (κ3) is 4.23. The van der Waals surface area contributed by atoms with Crippen molar-refractivity contribution in [3.05, 3.63) is 80.5 Å². The van der Waals surface area contributed by atoms with Gasteiger partial charge in [0.1, 0.15) is 0 Å². The molecule has 1 amide bonds. The Balaban J connectivity index is 1.55. The Morgan fingerprint density at radius 2 is 1.83 bits per heavy atom. The number of thiophene rings is 1. The van der Waals surface area contributed by atoms with Crippen molar-refractivity contribution >= 4 is 44.6 Å². The first-order chi connectivity index (χ1) is 13.8. The van der Waals surface area contributed by atoms with E-state index in [1.54, 1.807) is 36.4 Å². The third-order valence-electron chi connectivity index (χ3n) is 4.90. The molecule has 0 spiro atoms. The lowest BCUT2D eigenvalue weighted by Crippen LogP contribution is -2.36. The summed E-state index contributed by atoms with van der Waals surface area (Å²) < 4.78 is 28.1. The third-order valence-corrected chi connectivity index (χ3v) is 7.99. The first kappa shape index (κ1) is 20.1. The van der Waals surface area contributed by atoms with Gasteiger partial charge in [0.25, 0.3) is 5.91 Å². The van der Waals surface area contributed by atoms with Crippen LogP contribution in [-0.2, 0) is 23.0 Å². The van der Waals surface area contributed by atoms with Crippen molar-refractivity contribution in [3.8, 4) is 0 Å². The lowest BCUT2D eigenvalue weighted by atomic mass is 10.0. The van der Waals surface area contributed by atoms with Crippen LogP contribution in [0, 0.1) is 6.92 Å². The van der Waals surface area contributed by atoms with Crippen molar-refractivity contribution in [1.29, 1.82) is 0 Å². The normalized spacial score (nSPS) is 14.4. The molecule has 0 radical (unpaired) electrons. The number of nitrogens with zero attached hydrogens (tertiary/aromatic N) is 1. The van der Waals surface area contributed by atoms with Gasteiger partial charge in [-0.25, -0.2) is 8.42 Å².